The lowest BCUT2D eigenvalue weighted by Crippen LogP contribution is -2.33. The minimum Gasteiger partial charge on any atom is -0.497 e. The summed E-state index contributed by atoms with van der Waals surface area (Å²) < 4.78 is 23.7. The van der Waals surface area contributed by atoms with Crippen molar-refractivity contribution in [2.45, 2.75) is 44.9 Å². The summed E-state index contributed by atoms with van der Waals surface area (Å²) in [6, 6.07) is 28.0. The topological polar surface area (TPSA) is 57.2 Å². The summed E-state index contributed by atoms with van der Waals surface area (Å²) in [4.78, 5) is 0. The lowest BCUT2D eigenvalue weighted by molar-refractivity contribution is -0.103. The first-order chi connectivity index (χ1) is 16.3. The summed E-state index contributed by atoms with van der Waals surface area (Å²) >= 11 is 0. The van der Waals surface area contributed by atoms with E-state index in [0.29, 0.717) is 39.3 Å². The second-order valence-corrected chi connectivity index (χ2v) is 7.87. The van der Waals surface area contributed by atoms with E-state index in [4.69, 9.17) is 18.9 Å². The van der Waals surface area contributed by atoms with Crippen molar-refractivity contribution in [1.82, 2.24) is 0 Å². The molecule has 33 heavy (non-hydrogen) atoms. The van der Waals surface area contributed by atoms with Crippen LogP contribution in [0.5, 0.6) is 5.75 Å². The largest absolute Gasteiger partial charge is 0.497 e. The Kier molecular flexibility index (Phi) is 10.9. The summed E-state index contributed by atoms with van der Waals surface area (Å²) in [5.41, 5.74) is 3.28. The first-order valence-corrected chi connectivity index (χ1v) is 11.4. The number of aliphatic hydroxyl groups excluding tert-OH is 1. The smallest absolute Gasteiger partial charge is 0.118 e. The Balaban J connectivity index is 1.60. The maximum atomic E-state index is 9.67. The van der Waals surface area contributed by atoms with Crippen LogP contribution in [0.4, 0.5) is 0 Å². The van der Waals surface area contributed by atoms with E-state index in [1.54, 1.807) is 7.11 Å². The molecule has 2 atom stereocenters. The van der Waals surface area contributed by atoms with Gasteiger partial charge in [0.2, 0.25) is 0 Å². The molecule has 0 radical (unpaired) electrons. The van der Waals surface area contributed by atoms with E-state index in [0.717, 1.165) is 22.4 Å². The van der Waals surface area contributed by atoms with Gasteiger partial charge in [-0.05, 0) is 41.7 Å². The Morgan fingerprint density at radius 3 is 1.70 bits per heavy atom. The summed E-state index contributed by atoms with van der Waals surface area (Å²) in [6.45, 7) is 2.05. The Morgan fingerprint density at radius 2 is 1.15 bits per heavy atom. The van der Waals surface area contributed by atoms with E-state index in [1.807, 2.05) is 72.8 Å². The van der Waals surface area contributed by atoms with Crippen LogP contribution in [0, 0.1) is 0 Å². The van der Waals surface area contributed by atoms with Gasteiger partial charge in [0.15, 0.2) is 0 Å². The third-order valence-corrected chi connectivity index (χ3v) is 5.42. The van der Waals surface area contributed by atoms with Gasteiger partial charge in [0.1, 0.15) is 5.75 Å². The summed E-state index contributed by atoms with van der Waals surface area (Å²) in [5.74, 6) is 0.814. The molecule has 3 aromatic rings. The van der Waals surface area contributed by atoms with Crippen molar-refractivity contribution in [3.8, 4) is 5.75 Å². The molecule has 0 unspecified atom stereocenters. The SMILES string of the molecule is COc1ccc(CO[C@@H](CCOCc2ccccc2)[C@@H](CCO)OCc2ccccc2)cc1. The molecule has 0 aliphatic heterocycles. The van der Waals surface area contributed by atoms with Gasteiger partial charge in [0.25, 0.3) is 0 Å². The molecule has 1 N–H and O–H groups in total. The van der Waals surface area contributed by atoms with Gasteiger partial charge in [-0.3, -0.25) is 0 Å². The van der Waals surface area contributed by atoms with Crippen LogP contribution in [0.2, 0.25) is 0 Å². The van der Waals surface area contributed by atoms with Crippen molar-refractivity contribution in [1.29, 1.82) is 0 Å². The fraction of sp³-hybridized carbons (Fsp3) is 0.357. The number of rotatable bonds is 15. The quantitative estimate of drug-likeness (QED) is 0.324. The number of benzene rings is 3. The number of hydrogen-bond acceptors (Lipinski definition) is 5. The molecule has 176 valence electrons. The first-order valence-electron chi connectivity index (χ1n) is 11.4. The highest BCUT2D eigenvalue weighted by molar-refractivity contribution is 5.26. The van der Waals surface area contributed by atoms with Crippen molar-refractivity contribution in [2.75, 3.05) is 20.3 Å². The van der Waals surface area contributed by atoms with Crippen LogP contribution in [0.3, 0.4) is 0 Å². The predicted octanol–water partition coefficient (Wildman–Crippen LogP) is 5.16. The molecule has 0 fully saturated rings. The zero-order valence-corrected chi connectivity index (χ0v) is 19.3. The average Bonchev–Trinajstić information content (AvgIpc) is 2.88. The van der Waals surface area contributed by atoms with Crippen molar-refractivity contribution in [3.05, 3.63) is 102 Å². The molecule has 5 heteroatoms. The Labute approximate surface area is 196 Å². The first kappa shape index (κ1) is 24.9. The molecule has 0 bridgehead atoms. The molecule has 0 aromatic heterocycles. The van der Waals surface area contributed by atoms with Gasteiger partial charge in [-0.15, -0.1) is 0 Å². The normalized spacial score (nSPS) is 12.9. The monoisotopic (exact) mass is 450 g/mol. The zero-order valence-electron chi connectivity index (χ0n) is 19.3. The number of hydrogen-bond donors (Lipinski definition) is 1. The van der Waals surface area contributed by atoms with Crippen LogP contribution in [0.15, 0.2) is 84.9 Å². The van der Waals surface area contributed by atoms with Crippen LogP contribution < -0.4 is 4.74 Å². The highest BCUT2D eigenvalue weighted by Gasteiger charge is 2.23. The number of ether oxygens (including phenoxy) is 4. The van der Waals surface area contributed by atoms with E-state index in [-0.39, 0.29) is 18.8 Å². The van der Waals surface area contributed by atoms with Crippen LogP contribution in [0.1, 0.15) is 29.5 Å². The average molecular weight is 451 g/mol. The standard InChI is InChI=1S/C28H34O5/c1-30-26-14-12-25(13-15-26)22-33-28(17-19-31-20-23-8-4-2-5-9-23)27(16-18-29)32-21-24-10-6-3-7-11-24/h2-15,27-29H,16-22H2,1H3/t27-,28+/m1/s1. The molecule has 0 heterocycles. The molecule has 0 saturated carbocycles. The zero-order chi connectivity index (χ0) is 23.1. The van der Waals surface area contributed by atoms with Gasteiger partial charge >= 0.3 is 0 Å². The van der Waals surface area contributed by atoms with E-state index in [9.17, 15) is 5.11 Å². The molecule has 0 aliphatic carbocycles. The van der Waals surface area contributed by atoms with Gasteiger partial charge in [-0.1, -0.05) is 72.8 Å². The third kappa shape index (κ3) is 8.98. The maximum absolute atomic E-state index is 9.67. The Bertz CT molecular complexity index is 883. The number of aliphatic hydroxyl groups is 1. The van der Waals surface area contributed by atoms with E-state index < -0.39 is 0 Å². The minimum absolute atomic E-state index is 0.0344. The maximum Gasteiger partial charge on any atom is 0.118 e. The molecule has 0 spiro atoms. The van der Waals surface area contributed by atoms with E-state index in [2.05, 4.69) is 12.1 Å². The Morgan fingerprint density at radius 1 is 0.636 bits per heavy atom. The summed E-state index contributed by atoms with van der Waals surface area (Å²) in [5, 5.41) is 9.67. The second kappa shape index (κ2) is 14.4. The van der Waals surface area contributed by atoms with Crippen LogP contribution in [0.25, 0.3) is 0 Å². The Hall–Kier alpha value is -2.70. The lowest BCUT2D eigenvalue weighted by atomic mass is 10.1. The minimum atomic E-state index is -0.242. The molecular formula is C28H34O5. The van der Waals surface area contributed by atoms with Crippen LogP contribution >= 0.6 is 0 Å². The van der Waals surface area contributed by atoms with Crippen molar-refractivity contribution in [3.63, 3.8) is 0 Å². The molecule has 0 amide bonds. The molecule has 0 aliphatic rings. The molecule has 0 saturated heterocycles. The summed E-state index contributed by atoms with van der Waals surface area (Å²) in [6.07, 6.45) is 0.717. The van der Waals surface area contributed by atoms with Crippen molar-refractivity contribution in [2.24, 2.45) is 0 Å². The third-order valence-electron chi connectivity index (χ3n) is 5.42. The van der Waals surface area contributed by atoms with Gasteiger partial charge in [0, 0.05) is 13.2 Å². The fourth-order valence-electron chi connectivity index (χ4n) is 3.55. The highest BCUT2D eigenvalue weighted by atomic mass is 16.5. The molecule has 3 rings (SSSR count). The van der Waals surface area contributed by atoms with Gasteiger partial charge in [-0.2, -0.15) is 0 Å². The van der Waals surface area contributed by atoms with Crippen molar-refractivity contribution < 1.29 is 24.1 Å². The van der Waals surface area contributed by atoms with E-state index in [1.165, 1.54) is 0 Å². The molecule has 3 aromatic carbocycles. The predicted molar refractivity (Wildman–Crippen MR) is 129 cm³/mol. The van der Waals surface area contributed by atoms with Crippen molar-refractivity contribution >= 4 is 0 Å². The highest BCUT2D eigenvalue weighted by Crippen LogP contribution is 2.19. The fourth-order valence-corrected chi connectivity index (χ4v) is 3.55. The van der Waals surface area contributed by atoms with Gasteiger partial charge in [0.05, 0.1) is 39.1 Å². The lowest BCUT2D eigenvalue weighted by Gasteiger charge is -2.27. The molecular weight excluding hydrogens is 416 g/mol. The number of methoxy groups -OCH3 is 1. The summed E-state index contributed by atoms with van der Waals surface area (Å²) in [7, 11) is 1.65. The van der Waals surface area contributed by atoms with Crippen LogP contribution in [-0.4, -0.2) is 37.6 Å². The second-order valence-electron chi connectivity index (χ2n) is 7.87. The van der Waals surface area contributed by atoms with Crippen LogP contribution in [-0.2, 0) is 34.0 Å². The van der Waals surface area contributed by atoms with Gasteiger partial charge in [-0.25, -0.2) is 0 Å². The van der Waals surface area contributed by atoms with Gasteiger partial charge < -0.3 is 24.1 Å². The molecule has 5 nitrogen and oxygen atoms in total. The van der Waals surface area contributed by atoms with E-state index >= 15 is 0 Å².